The zero-order valence-electron chi connectivity index (χ0n) is 12.9. The molecular formula is C15H21N5O. The van der Waals surface area contributed by atoms with Crippen molar-refractivity contribution in [2.75, 3.05) is 14.1 Å². The van der Waals surface area contributed by atoms with Gasteiger partial charge in [0.1, 0.15) is 0 Å². The monoisotopic (exact) mass is 287 g/mol. The summed E-state index contributed by atoms with van der Waals surface area (Å²) in [7, 11) is 3.77. The topological polar surface area (TPSA) is 66.5 Å². The fourth-order valence-electron chi connectivity index (χ4n) is 2.07. The third-order valence-corrected chi connectivity index (χ3v) is 3.22. The summed E-state index contributed by atoms with van der Waals surface area (Å²) >= 11 is 0. The van der Waals surface area contributed by atoms with Crippen molar-refractivity contribution in [2.24, 2.45) is 4.99 Å². The summed E-state index contributed by atoms with van der Waals surface area (Å²) in [4.78, 5) is 10.5. The lowest BCUT2D eigenvalue weighted by molar-refractivity contribution is 0.386. The molecule has 2 rings (SSSR count). The largest absolute Gasteiger partial charge is 0.349 e. The summed E-state index contributed by atoms with van der Waals surface area (Å²) in [6.45, 7) is 5.16. The highest BCUT2D eigenvalue weighted by Gasteiger charge is 2.09. The van der Waals surface area contributed by atoms with E-state index in [2.05, 4.69) is 50.5 Å². The molecule has 2 aromatic rings. The van der Waals surface area contributed by atoms with Crippen LogP contribution in [0.5, 0.6) is 0 Å². The molecule has 21 heavy (non-hydrogen) atoms. The van der Waals surface area contributed by atoms with Gasteiger partial charge >= 0.3 is 0 Å². The lowest BCUT2D eigenvalue weighted by Crippen LogP contribution is -2.38. The Labute approximate surface area is 124 Å². The summed E-state index contributed by atoms with van der Waals surface area (Å²) in [6, 6.07) is 8.34. The number of hydrogen-bond acceptors (Lipinski definition) is 4. The molecule has 112 valence electrons. The Bertz CT molecular complexity index is 620. The van der Waals surface area contributed by atoms with Crippen LogP contribution in [0.25, 0.3) is 0 Å². The molecule has 0 fully saturated rings. The first-order chi connectivity index (χ1) is 10.1. The number of benzene rings is 1. The van der Waals surface area contributed by atoms with Crippen molar-refractivity contribution in [1.82, 2.24) is 20.4 Å². The van der Waals surface area contributed by atoms with E-state index in [1.54, 1.807) is 14.0 Å². The van der Waals surface area contributed by atoms with Gasteiger partial charge in [-0.15, -0.1) is 0 Å². The number of hydrogen-bond donors (Lipinski definition) is 1. The van der Waals surface area contributed by atoms with Crippen molar-refractivity contribution in [3.05, 3.63) is 47.1 Å². The van der Waals surface area contributed by atoms with Crippen LogP contribution in [0, 0.1) is 13.8 Å². The van der Waals surface area contributed by atoms with Crippen LogP contribution in [0.15, 0.2) is 33.8 Å². The van der Waals surface area contributed by atoms with Gasteiger partial charge in [-0.1, -0.05) is 29.4 Å². The van der Waals surface area contributed by atoms with Gasteiger partial charge in [-0.2, -0.15) is 4.98 Å². The molecule has 0 aliphatic rings. The van der Waals surface area contributed by atoms with Gasteiger partial charge in [-0.25, -0.2) is 0 Å². The van der Waals surface area contributed by atoms with Crippen LogP contribution in [-0.4, -0.2) is 35.1 Å². The second kappa shape index (κ2) is 6.88. The number of aryl methyl sites for hydroxylation is 2. The zero-order valence-corrected chi connectivity index (χ0v) is 12.9. The zero-order chi connectivity index (χ0) is 15.2. The molecule has 1 aromatic heterocycles. The minimum atomic E-state index is 0.488. The molecule has 0 unspecified atom stereocenters. The van der Waals surface area contributed by atoms with Crippen molar-refractivity contribution in [2.45, 2.75) is 26.9 Å². The fourth-order valence-corrected chi connectivity index (χ4v) is 2.07. The highest BCUT2D eigenvalue weighted by Crippen LogP contribution is 2.09. The van der Waals surface area contributed by atoms with E-state index in [0.29, 0.717) is 18.3 Å². The van der Waals surface area contributed by atoms with E-state index in [-0.39, 0.29) is 0 Å². The number of rotatable bonds is 4. The lowest BCUT2D eigenvalue weighted by atomic mass is 10.1. The Kier molecular flexibility index (Phi) is 4.92. The minimum Gasteiger partial charge on any atom is -0.349 e. The summed E-state index contributed by atoms with van der Waals surface area (Å²) in [5, 5.41) is 7.09. The molecule has 0 radical (unpaired) electrons. The number of nitrogens with one attached hydrogen (secondary N) is 1. The lowest BCUT2D eigenvalue weighted by Gasteiger charge is -2.22. The first-order valence-electron chi connectivity index (χ1n) is 6.85. The summed E-state index contributed by atoms with van der Waals surface area (Å²) in [5.41, 5.74) is 2.55. The van der Waals surface area contributed by atoms with E-state index in [1.165, 1.54) is 11.1 Å². The molecule has 0 saturated carbocycles. The van der Waals surface area contributed by atoms with Crippen molar-refractivity contribution in [3.63, 3.8) is 0 Å². The van der Waals surface area contributed by atoms with Crippen LogP contribution in [0.3, 0.4) is 0 Å². The van der Waals surface area contributed by atoms with Gasteiger partial charge in [-0.05, 0) is 18.1 Å². The van der Waals surface area contributed by atoms with E-state index in [9.17, 15) is 0 Å². The number of aromatic nitrogens is 2. The predicted octanol–water partition coefficient (Wildman–Crippen LogP) is 1.89. The van der Waals surface area contributed by atoms with Gasteiger partial charge in [0, 0.05) is 27.6 Å². The molecule has 0 bridgehead atoms. The Morgan fingerprint density at radius 3 is 2.71 bits per heavy atom. The van der Waals surface area contributed by atoms with Gasteiger partial charge in [0.2, 0.25) is 5.89 Å². The minimum absolute atomic E-state index is 0.488. The first kappa shape index (κ1) is 15.0. The van der Waals surface area contributed by atoms with Crippen LogP contribution in [0.4, 0.5) is 0 Å². The van der Waals surface area contributed by atoms with E-state index < -0.39 is 0 Å². The van der Waals surface area contributed by atoms with Crippen molar-refractivity contribution < 1.29 is 4.52 Å². The van der Waals surface area contributed by atoms with E-state index in [0.717, 1.165) is 12.5 Å². The molecule has 0 saturated heterocycles. The average Bonchev–Trinajstić information content (AvgIpc) is 2.88. The summed E-state index contributed by atoms with van der Waals surface area (Å²) in [6.07, 6.45) is 0. The molecule has 0 aliphatic heterocycles. The average molecular weight is 287 g/mol. The van der Waals surface area contributed by atoms with Crippen molar-refractivity contribution in [3.8, 4) is 0 Å². The van der Waals surface area contributed by atoms with Gasteiger partial charge in [0.25, 0.3) is 0 Å². The molecule has 0 aliphatic carbocycles. The maximum Gasteiger partial charge on any atom is 0.223 e. The Balaban J connectivity index is 1.96. The standard InChI is InChI=1S/C15H21N5O/c1-11-7-5-6-8-13(11)10-20(4)15(16-3)17-9-14-18-12(2)21-19-14/h5-8H,9-10H2,1-4H3,(H,16,17). The number of aliphatic imine (C=N–C) groups is 1. The highest BCUT2D eigenvalue weighted by molar-refractivity contribution is 5.79. The third-order valence-electron chi connectivity index (χ3n) is 3.22. The van der Waals surface area contributed by atoms with Gasteiger partial charge in [0.15, 0.2) is 11.8 Å². The third kappa shape index (κ3) is 4.05. The van der Waals surface area contributed by atoms with Crippen LogP contribution >= 0.6 is 0 Å². The van der Waals surface area contributed by atoms with Gasteiger partial charge in [0.05, 0.1) is 6.54 Å². The normalized spacial score (nSPS) is 11.5. The van der Waals surface area contributed by atoms with E-state index in [1.807, 2.05) is 13.1 Å². The second-order valence-electron chi connectivity index (χ2n) is 4.91. The Morgan fingerprint density at radius 2 is 2.10 bits per heavy atom. The quantitative estimate of drug-likeness (QED) is 0.687. The molecular weight excluding hydrogens is 266 g/mol. The van der Waals surface area contributed by atoms with Crippen molar-refractivity contribution in [1.29, 1.82) is 0 Å². The summed E-state index contributed by atoms with van der Waals surface area (Å²) in [5.74, 6) is 1.98. The molecule has 0 spiro atoms. The number of guanidine groups is 1. The smallest absolute Gasteiger partial charge is 0.223 e. The molecule has 6 heteroatoms. The van der Waals surface area contributed by atoms with Gasteiger partial charge in [-0.3, -0.25) is 4.99 Å². The van der Waals surface area contributed by atoms with Crippen LogP contribution in [0.2, 0.25) is 0 Å². The second-order valence-corrected chi connectivity index (χ2v) is 4.91. The maximum atomic E-state index is 4.95. The molecule has 0 atom stereocenters. The van der Waals surface area contributed by atoms with E-state index >= 15 is 0 Å². The summed E-state index contributed by atoms with van der Waals surface area (Å²) < 4.78 is 4.95. The maximum absolute atomic E-state index is 4.95. The molecule has 0 amide bonds. The first-order valence-corrected chi connectivity index (χ1v) is 6.85. The van der Waals surface area contributed by atoms with Gasteiger partial charge < -0.3 is 14.7 Å². The highest BCUT2D eigenvalue weighted by atomic mass is 16.5. The number of nitrogens with zero attached hydrogens (tertiary/aromatic N) is 4. The molecule has 1 N–H and O–H groups in total. The Hall–Kier alpha value is -2.37. The predicted molar refractivity (Wildman–Crippen MR) is 81.9 cm³/mol. The van der Waals surface area contributed by atoms with E-state index in [4.69, 9.17) is 4.52 Å². The Morgan fingerprint density at radius 1 is 1.33 bits per heavy atom. The van der Waals surface area contributed by atoms with Crippen LogP contribution in [0.1, 0.15) is 22.8 Å². The molecule has 1 aromatic carbocycles. The molecule has 1 heterocycles. The fraction of sp³-hybridized carbons (Fsp3) is 0.400. The SMILES string of the molecule is CN=C(NCc1noc(C)n1)N(C)Cc1ccccc1C. The molecule has 6 nitrogen and oxygen atoms in total. The van der Waals surface area contributed by atoms with Crippen molar-refractivity contribution >= 4 is 5.96 Å². The van der Waals surface area contributed by atoms with Crippen LogP contribution in [-0.2, 0) is 13.1 Å². The van der Waals surface area contributed by atoms with Crippen LogP contribution < -0.4 is 5.32 Å².